The third-order valence-electron chi connectivity index (χ3n) is 2.79. The van der Waals surface area contributed by atoms with E-state index in [-0.39, 0.29) is 0 Å². The van der Waals surface area contributed by atoms with Crippen molar-refractivity contribution in [1.29, 1.82) is 0 Å². The van der Waals surface area contributed by atoms with Crippen molar-refractivity contribution in [2.24, 2.45) is 0 Å². The Bertz CT molecular complexity index is 744. The predicted octanol–water partition coefficient (Wildman–Crippen LogP) is 3.85. The highest BCUT2D eigenvalue weighted by molar-refractivity contribution is 9.10. The van der Waals surface area contributed by atoms with E-state index in [1.165, 1.54) is 0 Å². The van der Waals surface area contributed by atoms with Gasteiger partial charge in [-0.25, -0.2) is 13.8 Å². The highest BCUT2D eigenvalue weighted by Crippen LogP contribution is 2.29. The van der Waals surface area contributed by atoms with E-state index in [1.807, 2.05) is 0 Å². The van der Waals surface area contributed by atoms with Crippen molar-refractivity contribution in [3.63, 3.8) is 0 Å². The fourth-order valence-electron chi connectivity index (χ4n) is 1.87. The maximum Gasteiger partial charge on any atom is 0.161 e. The molecular weight excluding hydrogens is 316 g/mol. The number of nitrogens with two attached hydrogens (primary N) is 1. The van der Waals surface area contributed by atoms with Crippen LogP contribution in [-0.4, -0.2) is 9.97 Å². The van der Waals surface area contributed by atoms with Crippen molar-refractivity contribution in [1.82, 2.24) is 9.97 Å². The zero-order chi connectivity index (χ0) is 13.6. The molecule has 0 atom stereocenters. The molecule has 0 aliphatic heterocycles. The maximum absolute atomic E-state index is 13.1. The molecule has 0 amide bonds. The number of aromatic nitrogens is 2. The topological polar surface area (TPSA) is 54.7 Å². The minimum absolute atomic E-state index is 0.355. The van der Waals surface area contributed by atoms with Crippen molar-refractivity contribution in [2.45, 2.75) is 0 Å². The summed E-state index contributed by atoms with van der Waals surface area (Å²) in [4.78, 5) is 7.15. The number of anilines is 1. The lowest BCUT2D eigenvalue weighted by Gasteiger charge is -2.02. The molecule has 0 saturated carbocycles. The summed E-state index contributed by atoms with van der Waals surface area (Å²) in [6.07, 6.45) is 0. The molecule has 0 fully saturated rings. The number of aromatic amines is 1. The number of halogens is 3. The number of H-pyrrole nitrogens is 1. The molecule has 0 bridgehead atoms. The van der Waals surface area contributed by atoms with Gasteiger partial charge in [0.1, 0.15) is 5.82 Å². The molecule has 19 heavy (non-hydrogen) atoms. The molecule has 2 aromatic carbocycles. The maximum atomic E-state index is 13.1. The summed E-state index contributed by atoms with van der Waals surface area (Å²) in [6.45, 7) is 0. The Balaban J connectivity index is 2.23. The van der Waals surface area contributed by atoms with E-state index < -0.39 is 11.6 Å². The van der Waals surface area contributed by atoms with E-state index in [4.69, 9.17) is 5.73 Å². The average molecular weight is 324 g/mol. The van der Waals surface area contributed by atoms with Crippen LogP contribution in [0.25, 0.3) is 22.4 Å². The van der Waals surface area contributed by atoms with Gasteiger partial charge in [0.2, 0.25) is 0 Å². The molecule has 1 aromatic heterocycles. The van der Waals surface area contributed by atoms with E-state index in [1.54, 1.807) is 18.2 Å². The summed E-state index contributed by atoms with van der Waals surface area (Å²) >= 11 is 3.34. The molecule has 0 saturated heterocycles. The van der Waals surface area contributed by atoms with E-state index in [0.717, 1.165) is 16.6 Å². The Morgan fingerprint density at radius 3 is 2.63 bits per heavy atom. The van der Waals surface area contributed by atoms with Gasteiger partial charge in [0.25, 0.3) is 0 Å². The normalized spacial score (nSPS) is 11.1. The van der Waals surface area contributed by atoms with Crippen LogP contribution in [0.5, 0.6) is 0 Å². The van der Waals surface area contributed by atoms with Crippen LogP contribution < -0.4 is 5.73 Å². The van der Waals surface area contributed by atoms with Crippen molar-refractivity contribution >= 4 is 32.7 Å². The molecule has 0 aliphatic rings. The van der Waals surface area contributed by atoms with Gasteiger partial charge < -0.3 is 10.7 Å². The lowest BCUT2D eigenvalue weighted by atomic mass is 10.2. The number of rotatable bonds is 1. The van der Waals surface area contributed by atoms with Gasteiger partial charge in [-0.1, -0.05) is 15.9 Å². The summed E-state index contributed by atoms with van der Waals surface area (Å²) in [5.41, 5.74) is 7.86. The zero-order valence-electron chi connectivity index (χ0n) is 9.55. The molecule has 0 spiro atoms. The minimum Gasteiger partial charge on any atom is -0.398 e. The first-order valence-electron chi connectivity index (χ1n) is 5.45. The molecule has 3 nitrogen and oxygen atoms in total. The van der Waals surface area contributed by atoms with Crippen molar-refractivity contribution in [3.05, 3.63) is 46.4 Å². The summed E-state index contributed by atoms with van der Waals surface area (Å²) < 4.78 is 27.1. The summed E-state index contributed by atoms with van der Waals surface area (Å²) in [5, 5.41) is 0. The van der Waals surface area contributed by atoms with Crippen LogP contribution in [0.3, 0.4) is 0 Å². The Labute approximate surface area is 115 Å². The highest BCUT2D eigenvalue weighted by Gasteiger charge is 2.12. The van der Waals surface area contributed by atoms with Crippen LogP contribution in [-0.2, 0) is 0 Å². The SMILES string of the molecule is Nc1ccc(Br)cc1-c1nc2cc(F)c(F)cc2[nH]1. The molecule has 3 aromatic rings. The number of nitrogens with one attached hydrogen (secondary N) is 1. The first-order chi connectivity index (χ1) is 9.04. The van der Waals surface area contributed by atoms with Crippen molar-refractivity contribution < 1.29 is 8.78 Å². The first-order valence-corrected chi connectivity index (χ1v) is 6.24. The second-order valence-electron chi connectivity index (χ2n) is 4.10. The van der Waals surface area contributed by atoms with Gasteiger partial charge in [0, 0.05) is 27.9 Å². The number of nitrogens with zero attached hydrogens (tertiary/aromatic N) is 1. The van der Waals surface area contributed by atoms with Gasteiger partial charge in [-0.05, 0) is 18.2 Å². The fourth-order valence-corrected chi connectivity index (χ4v) is 2.23. The van der Waals surface area contributed by atoms with Gasteiger partial charge in [-0.2, -0.15) is 0 Å². The second-order valence-corrected chi connectivity index (χ2v) is 5.02. The third kappa shape index (κ3) is 2.08. The molecule has 6 heteroatoms. The van der Waals surface area contributed by atoms with Gasteiger partial charge >= 0.3 is 0 Å². The quantitative estimate of drug-likeness (QED) is 0.668. The Hall–Kier alpha value is -1.95. The molecule has 0 aliphatic carbocycles. The first kappa shape index (κ1) is 12.1. The molecular formula is C13H8BrF2N3. The number of hydrogen-bond donors (Lipinski definition) is 2. The van der Waals surface area contributed by atoms with Crippen LogP contribution in [0, 0.1) is 11.6 Å². The Morgan fingerprint density at radius 1 is 1.11 bits per heavy atom. The lowest BCUT2D eigenvalue weighted by molar-refractivity contribution is 0.510. The van der Waals surface area contributed by atoms with E-state index in [9.17, 15) is 8.78 Å². The van der Waals surface area contributed by atoms with Crippen LogP contribution in [0.15, 0.2) is 34.8 Å². The fraction of sp³-hybridized carbons (Fsp3) is 0. The molecule has 0 unspecified atom stereocenters. The number of fused-ring (bicyclic) bond motifs is 1. The Morgan fingerprint density at radius 2 is 1.84 bits per heavy atom. The summed E-state index contributed by atoms with van der Waals surface area (Å²) in [7, 11) is 0. The molecule has 0 radical (unpaired) electrons. The van der Waals surface area contributed by atoms with E-state index in [2.05, 4.69) is 25.9 Å². The number of imidazole rings is 1. The predicted molar refractivity (Wildman–Crippen MR) is 73.6 cm³/mol. The van der Waals surface area contributed by atoms with Crippen LogP contribution >= 0.6 is 15.9 Å². The smallest absolute Gasteiger partial charge is 0.161 e. The average Bonchev–Trinajstić information content (AvgIpc) is 2.75. The van der Waals surface area contributed by atoms with Crippen LogP contribution in [0.1, 0.15) is 0 Å². The van der Waals surface area contributed by atoms with Gasteiger partial charge in [-0.3, -0.25) is 0 Å². The van der Waals surface area contributed by atoms with Gasteiger partial charge in [0.05, 0.1) is 11.0 Å². The monoisotopic (exact) mass is 323 g/mol. The summed E-state index contributed by atoms with van der Waals surface area (Å²) in [6, 6.07) is 7.46. The molecule has 3 N–H and O–H groups in total. The second kappa shape index (κ2) is 4.31. The van der Waals surface area contributed by atoms with E-state index >= 15 is 0 Å². The van der Waals surface area contributed by atoms with Gasteiger partial charge in [0.15, 0.2) is 11.6 Å². The summed E-state index contributed by atoms with van der Waals surface area (Å²) in [5.74, 6) is -1.36. The van der Waals surface area contributed by atoms with Crippen LogP contribution in [0.4, 0.5) is 14.5 Å². The largest absolute Gasteiger partial charge is 0.398 e. The van der Waals surface area contributed by atoms with Crippen LogP contribution in [0.2, 0.25) is 0 Å². The number of nitrogen functional groups attached to an aromatic ring is 1. The zero-order valence-corrected chi connectivity index (χ0v) is 11.1. The minimum atomic E-state index is -0.923. The van der Waals surface area contributed by atoms with Crippen molar-refractivity contribution in [3.8, 4) is 11.4 Å². The molecule has 3 rings (SSSR count). The Kier molecular flexibility index (Phi) is 2.74. The number of hydrogen-bond acceptors (Lipinski definition) is 2. The standard InChI is InChI=1S/C13H8BrF2N3/c14-6-1-2-10(17)7(3-6)13-18-11-4-8(15)9(16)5-12(11)19-13/h1-5H,17H2,(H,18,19). The molecule has 1 heterocycles. The van der Waals surface area contributed by atoms with Crippen molar-refractivity contribution in [2.75, 3.05) is 5.73 Å². The number of benzene rings is 2. The highest BCUT2D eigenvalue weighted by atomic mass is 79.9. The lowest BCUT2D eigenvalue weighted by Crippen LogP contribution is -1.91. The van der Waals surface area contributed by atoms with E-state index in [0.29, 0.717) is 28.1 Å². The van der Waals surface area contributed by atoms with Gasteiger partial charge in [-0.15, -0.1) is 0 Å². The third-order valence-corrected chi connectivity index (χ3v) is 3.29. The molecule has 96 valence electrons.